The molecule has 1 aliphatic heterocycles. The average molecular weight is 601 g/mol. The Morgan fingerprint density at radius 2 is 1.21 bits per heavy atom. The molecule has 0 fully saturated rings. The van der Waals surface area contributed by atoms with Crippen molar-refractivity contribution in [2.24, 2.45) is 0 Å². The van der Waals surface area contributed by atoms with Crippen molar-refractivity contribution in [2.45, 2.75) is 6.54 Å². The number of hydrogen-bond donors (Lipinski definition) is 1. The number of hydrogen-bond acceptors (Lipinski definition) is 3. The van der Waals surface area contributed by atoms with Gasteiger partial charge in [0.2, 0.25) is 0 Å². The largest absolute Gasteiger partial charge is 0.385 e. The van der Waals surface area contributed by atoms with E-state index in [1.807, 2.05) is 6.20 Å². The van der Waals surface area contributed by atoms with Crippen LogP contribution in [-0.2, 0) is 6.54 Å². The van der Waals surface area contributed by atoms with Crippen LogP contribution in [0.4, 0.5) is 0 Å². The highest BCUT2D eigenvalue weighted by molar-refractivity contribution is 6.25. The van der Waals surface area contributed by atoms with Crippen LogP contribution in [0.25, 0.3) is 88.9 Å². The fourth-order valence-corrected chi connectivity index (χ4v) is 7.50. The quantitative estimate of drug-likeness (QED) is 0.204. The smallest absolute Gasteiger partial charge is 0.0893 e. The van der Waals surface area contributed by atoms with Crippen molar-refractivity contribution >= 4 is 49.3 Å². The van der Waals surface area contributed by atoms with Crippen molar-refractivity contribution < 1.29 is 0 Å². The Morgan fingerprint density at radius 3 is 2.09 bits per heavy atom. The Labute approximate surface area is 271 Å². The average Bonchev–Trinajstić information content (AvgIpc) is 3.48. The van der Waals surface area contributed by atoms with Gasteiger partial charge in [-0.05, 0) is 87.1 Å². The third-order valence-corrected chi connectivity index (χ3v) is 9.62. The lowest BCUT2D eigenvalue weighted by atomic mass is 9.91. The Morgan fingerprint density at radius 1 is 0.532 bits per heavy atom. The van der Waals surface area contributed by atoms with Crippen molar-refractivity contribution in [3.63, 3.8) is 0 Å². The molecule has 0 bridgehead atoms. The SMILES string of the molecule is C1=Cc2c(n(-c3cccc(-c4cccc(-c5cccc(-c6ccc7ccc8cccc9ccc6c7c89)n5)n4)c3)c3ccccc23)CN1. The lowest BCUT2D eigenvalue weighted by molar-refractivity contribution is 0.803. The van der Waals surface area contributed by atoms with E-state index in [-0.39, 0.29) is 0 Å². The molecule has 0 radical (unpaired) electrons. The van der Waals surface area contributed by atoms with Gasteiger partial charge < -0.3 is 9.88 Å². The summed E-state index contributed by atoms with van der Waals surface area (Å²) in [6.45, 7) is 0.784. The van der Waals surface area contributed by atoms with Crippen LogP contribution in [0.1, 0.15) is 11.3 Å². The molecule has 6 aromatic carbocycles. The summed E-state index contributed by atoms with van der Waals surface area (Å²) in [5.74, 6) is 0. The fourth-order valence-electron chi connectivity index (χ4n) is 7.50. The zero-order chi connectivity index (χ0) is 30.9. The molecule has 47 heavy (non-hydrogen) atoms. The third-order valence-electron chi connectivity index (χ3n) is 9.62. The van der Waals surface area contributed by atoms with Gasteiger partial charge in [-0.15, -0.1) is 0 Å². The number of benzene rings is 6. The zero-order valence-electron chi connectivity index (χ0n) is 25.5. The summed E-state index contributed by atoms with van der Waals surface area (Å²) in [7, 11) is 0. The maximum absolute atomic E-state index is 5.19. The third kappa shape index (κ3) is 4.01. The van der Waals surface area contributed by atoms with Crippen LogP contribution in [0.2, 0.25) is 0 Å². The van der Waals surface area contributed by atoms with Crippen LogP contribution in [-0.4, -0.2) is 14.5 Å². The van der Waals surface area contributed by atoms with Crippen LogP contribution in [0.15, 0.2) is 146 Å². The first-order valence-corrected chi connectivity index (χ1v) is 16.0. The molecule has 220 valence electrons. The summed E-state index contributed by atoms with van der Waals surface area (Å²) in [5, 5.41) is 12.3. The van der Waals surface area contributed by atoms with Crippen molar-refractivity contribution in [3.8, 4) is 39.6 Å². The minimum Gasteiger partial charge on any atom is -0.385 e. The Balaban J connectivity index is 1.06. The molecule has 0 saturated heterocycles. The molecule has 10 rings (SSSR count). The number of aromatic nitrogens is 3. The number of pyridine rings is 2. The lowest BCUT2D eigenvalue weighted by Gasteiger charge is -2.15. The molecule has 0 unspecified atom stereocenters. The monoisotopic (exact) mass is 600 g/mol. The first kappa shape index (κ1) is 26.0. The zero-order valence-corrected chi connectivity index (χ0v) is 25.5. The molecule has 1 aliphatic rings. The van der Waals surface area contributed by atoms with E-state index in [0.29, 0.717) is 0 Å². The first-order valence-electron chi connectivity index (χ1n) is 16.0. The van der Waals surface area contributed by atoms with E-state index in [0.717, 1.165) is 46.1 Å². The van der Waals surface area contributed by atoms with Gasteiger partial charge in [0.15, 0.2) is 0 Å². The molecule has 0 amide bonds. The fraction of sp³-hybridized carbons (Fsp3) is 0.0233. The van der Waals surface area contributed by atoms with E-state index in [2.05, 4.69) is 155 Å². The summed E-state index contributed by atoms with van der Waals surface area (Å²) >= 11 is 0. The second-order valence-electron chi connectivity index (χ2n) is 12.3. The summed E-state index contributed by atoms with van der Waals surface area (Å²) in [5.41, 5.74) is 10.6. The van der Waals surface area contributed by atoms with Crippen LogP contribution >= 0.6 is 0 Å². The normalized spacial score (nSPS) is 12.7. The summed E-state index contributed by atoms with van der Waals surface area (Å²) in [6.07, 6.45) is 4.22. The molecule has 4 heteroatoms. The number of fused-ring (bicyclic) bond motifs is 3. The highest BCUT2D eigenvalue weighted by Crippen LogP contribution is 2.39. The molecule has 0 atom stereocenters. The van der Waals surface area contributed by atoms with Crippen LogP contribution in [0, 0.1) is 0 Å². The molecule has 3 aromatic heterocycles. The van der Waals surface area contributed by atoms with Gasteiger partial charge in [0.05, 0.1) is 40.5 Å². The van der Waals surface area contributed by atoms with Gasteiger partial charge >= 0.3 is 0 Å². The first-order chi connectivity index (χ1) is 23.3. The lowest BCUT2D eigenvalue weighted by Crippen LogP contribution is -2.13. The predicted octanol–water partition coefficient (Wildman–Crippen LogP) is 10.4. The van der Waals surface area contributed by atoms with Gasteiger partial charge in [0.1, 0.15) is 0 Å². The minimum atomic E-state index is 0.784. The second kappa shape index (κ2) is 10.1. The van der Waals surface area contributed by atoms with Gasteiger partial charge in [-0.1, -0.05) is 97.1 Å². The van der Waals surface area contributed by atoms with Gasteiger partial charge in [-0.2, -0.15) is 0 Å². The molecule has 1 N–H and O–H groups in total. The van der Waals surface area contributed by atoms with E-state index < -0.39 is 0 Å². The molecule has 9 aromatic rings. The maximum atomic E-state index is 5.19. The summed E-state index contributed by atoms with van der Waals surface area (Å²) < 4.78 is 2.37. The number of nitrogens with one attached hydrogen (secondary N) is 1. The molecule has 0 spiro atoms. The van der Waals surface area contributed by atoms with E-state index in [4.69, 9.17) is 9.97 Å². The summed E-state index contributed by atoms with van der Waals surface area (Å²) in [6, 6.07) is 49.7. The Bertz CT molecular complexity index is 2680. The van der Waals surface area contributed by atoms with Gasteiger partial charge in [-0.25, -0.2) is 9.97 Å². The molecule has 0 saturated carbocycles. The van der Waals surface area contributed by atoms with Crippen molar-refractivity contribution in [1.82, 2.24) is 19.9 Å². The van der Waals surface area contributed by atoms with Crippen molar-refractivity contribution in [3.05, 3.63) is 157 Å². The summed E-state index contributed by atoms with van der Waals surface area (Å²) in [4.78, 5) is 10.3. The molecular weight excluding hydrogens is 573 g/mol. The van der Waals surface area contributed by atoms with Crippen molar-refractivity contribution in [2.75, 3.05) is 0 Å². The Kier molecular flexibility index (Phi) is 5.60. The van der Waals surface area contributed by atoms with Crippen LogP contribution in [0.5, 0.6) is 0 Å². The molecule has 4 nitrogen and oxygen atoms in total. The Hall–Kier alpha value is -6.26. The number of para-hydroxylation sites is 1. The maximum Gasteiger partial charge on any atom is 0.0893 e. The van der Waals surface area contributed by atoms with E-state index in [9.17, 15) is 0 Å². The number of nitrogens with zero attached hydrogens (tertiary/aromatic N) is 3. The molecule has 0 aliphatic carbocycles. The molecule has 4 heterocycles. The van der Waals surface area contributed by atoms with Crippen molar-refractivity contribution in [1.29, 1.82) is 0 Å². The van der Waals surface area contributed by atoms with Gasteiger partial charge in [-0.3, -0.25) is 0 Å². The molecular formula is C43H28N4. The van der Waals surface area contributed by atoms with Gasteiger partial charge in [0.25, 0.3) is 0 Å². The highest BCUT2D eigenvalue weighted by Gasteiger charge is 2.19. The number of rotatable bonds is 4. The van der Waals surface area contributed by atoms with Crippen LogP contribution in [0.3, 0.4) is 0 Å². The standard InChI is InChI=1S/C43H28N4/c1-2-16-40-33(11-1)34-23-24-44-26-41(34)47(40)31-10-4-9-30(25-31)36-12-5-14-38(45-36)39-15-6-13-37(46-39)32-21-19-29-18-17-27-7-3-8-28-20-22-35(32)43(29)42(27)28/h1-25,44H,26H2. The highest BCUT2D eigenvalue weighted by atomic mass is 15.0. The van der Waals surface area contributed by atoms with Gasteiger partial charge in [0, 0.05) is 27.8 Å². The van der Waals surface area contributed by atoms with Crippen LogP contribution < -0.4 is 5.32 Å². The second-order valence-corrected chi connectivity index (χ2v) is 12.3. The van der Waals surface area contributed by atoms with E-state index >= 15 is 0 Å². The predicted molar refractivity (Wildman–Crippen MR) is 195 cm³/mol. The minimum absolute atomic E-state index is 0.784. The van der Waals surface area contributed by atoms with E-state index in [1.165, 1.54) is 54.5 Å². The topological polar surface area (TPSA) is 42.7 Å². The van der Waals surface area contributed by atoms with E-state index in [1.54, 1.807) is 0 Å².